The molecule has 110 valence electrons. The summed E-state index contributed by atoms with van der Waals surface area (Å²) in [4.78, 5) is 14.1. The number of hydrogen-bond acceptors (Lipinski definition) is 1. The largest absolute Gasteiger partial charge is 0.343 e. The number of carbonyl (C=O) groups excluding carboxylic acids is 1. The lowest BCUT2D eigenvalue weighted by Gasteiger charge is -2.30. The lowest BCUT2D eigenvalue weighted by Crippen LogP contribution is -2.37. The zero-order valence-electron chi connectivity index (χ0n) is 12.7. The molecule has 0 bridgehead atoms. The lowest BCUT2D eigenvalue weighted by molar-refractivity contribution is -0.132. The summed E-state index contributed by atoms with van der Waals surface area (Å²) in [7, 11) is 0. The van der Waals surface area contributed by atoms with Crippen LogP contribution < -0.4 is 0 Å². The summed E-state index contributed by atoms with van der Waals surface area (Å²) in [5.41, 5.74) is 0. The first-order chi connectivity index (χ1) is 9.24. The maximum atomic E-state index is 12.0. The number of unbranched alkanes of at least 4 members (excludes halogenated alkanes) is 6. The first kappa shape index (κ1) is 16.3. The Kier molecular flexibility index (Phi) is 8.61. The number of hydrogen-bond donors (Lipinski definition) is 0. The van der Waals surface area contributed by atoms with Crippen LogP contribution in [0.15, 0.2) is 12.7 Å². The fourth-order valence-corrected chi connectivity index (χ4v) is 2.69. The topological polar surface area (TPSA) is 20.3 Å². The molecule has 1 rings (SSSR count). The highest BCUT2D eigenvalue weighted by molar-refractivity contribution is 5.76. The molecule has 0 atom stereocenters. The van der Waals surface area contributed by atoms with Crippen LogP contribution in [0.25, 0.3) is 0 Å². The number of nitrogens with zero attached hydrogens (tertiary/aromatic N) is 1. The van der Waals surface area contributed by atoms with Gasteiger partial charge in [-0.05, 0) is 38.0 Å². The van der Waals surface area contributed by atoms with Gasteiger partial charge in [0.05, 0.1) is 0 Å². The Bertz CT molecular complexity index is 254. The summed E-state index contributed by atoms with van der Waals surface area (Å²) < 4.78 is 0. The number of rotatable bonds is 9. The molecular weight excluding hydrogens is 234 g/mol. The molecule has 19 heavy (non-hydrogen) atoms. The average molecular weight is 265 g/mol. The van der Waals surface area contributed by atoms with Crippen molar-refractivity contribution in [1.82, 2.24) is 4.90 Å². The van der Waals surface area contributed by atoms with E-state index < -0.39 is 0 Å². The second-order valence-corrected chi connectivity index (χ2v) is 6.01. The molecule has 1 amide bonds. The quantitative estimate of drug-likeness (QED) is 0.442. The molecule has 0 aromatic rings. The van der Waals surface area contributed by atoms with E-state index in [1.54, 1.807) is 0 Å². The lowest BCUT2D eigenvalue weighted by atomic mass is 9.99. The van der Waals surface area contributed by atoms with Gasteiger partial charge in [-0.3, -0.25) is 4.79 Å². The van der Waals surface area contributed by atoms with Crippen LogP contribution in [-0.2, 0) is 4.79 Å². The highest BCUT2D eigenvalue weighted by Crippen LogP contribution is 2.17. The minimum atomic E-state index is 0.388. The van der Waals surface area contributed by atoms with Crippen LogP contribution >= 0.6 is 0 Å². The van der Waals surface area contributed by atoms with Crippen molar-refractivity contribution in [3.8, 4) is 0 Å². The van der Waals surface area contributed by atoms with Gasteiger partial charge < -0.3 is 4.90 Å². The molecule has 1 aliphatic rings. The third-order valence-electron chi connectivity index (χ3n) is 4.19. The van der Waals surface area contributed by atoms with Crippen LogP contribution in [-0.4, -0.2) is 23.9 Å². The molecule has 1 saturated heterocycles. The van der Waals surface area contributed by atoms with Crippen molar-refractivity contribution in [3.63, 3.8) is 0 Å². The Hall–Kier alpha value is -0.790. The average Bonchev–Trinajstić information content (AvgIpc) is 2.42. The van der Waals surface area contributed by atoms with Gasteiger partial charge in [0, 0.05) is 19.5 Å². The molecule has 0 unspecified atom stereocenters. The number of amides is 1. The zero-order valence-corrected chi connectivity index (χ0v) is 12.7. The van der Waals surface area contributed by atoms with Crippen molar-refractivity contribution < 1.29 is 4.79 Å². The van der Waals surface area contributed by atoms with Crippen molar-refractivity contribution in [1.29, 1.82) is 0 Å². The maximum absolute atomic E-state index is 12.0. The summed E-state index contributed by atoms with van der Waals surface area (Å²) in [6.07, 6.45) is 13.7. The van der Waals surface area contributed by atoms with E-state index in [2.05, 4.69) is 18.4 Å². The van der Waals surface area contributed by atoms with E-state index in [4.69, 9.17) is 0 Å². The molecular formula is C17H31NO. The van der Waals surface area contributed by atoms with Gasteiger partial charge in [-0.1, -0.05) is 38.7 Å². The third-order valence-corrected chi connectivity index (χ3v) is 4.19. The van der Waals surface area contributed by atoms with Crippen molar-refractivity contribution in [3.05, 3.63) is 12.7 Å². The standard InChI is InChI=1S/C17H31NO/c1-3-4-5-6-7-8-9-10-11-17(19)18-14-12-16(2)13-15-18/h3,16H,1,4-15H2,2H3. The van der Waals surface area contributed by atoms with Gasteiger partial charge >= 0.3 is 0 Å². The first-order valence-corrected chi connectivity index (χ1v) is 8.12. The fraction of sp³-hybridized carbons (Fsp3) is 0.824. The van der Waals surface area contributed by atoms with E-state index >= 15 is 0 Å². The predicted octanol–water partition coefficient (Wildman–Crippen LogP) is 4.55. The third kappa shape index (κ3) is 7.39. The van der Waals surface area contributed by atoms with Crippen molar-refractivity contribution in [2.45, 2.75) is 71.1 Å². The van der Waals surface area contributed by atoms with Gasteiger partial charge in [-0.25, -0.2) is 0 Å². The Morgan fingerprint density at radius 2 is 1.68 bits per heavy atom. The summed E-state index contributed by atoms with van der Waals surface area (Å²) >= 11 is 0. The van der Waals surface area contributed by atoms with Crippen LogP contribution in [0.2, 0.25) is 0 Å². The van der Waals surface area contributed by atoms with E-state index in [1.165, 1.54) is 44.9 Å². The molecule has 0 saturated carbocycles. The Morgan fingerprint density at radius 1 is 1.11 bits per heavy atom. The van der Waals surface area contributed by atoms with E-state index in [1.807, 2.05) is 6.08 Å². The van der Waals surface area contributed by atoms with Crippen LogP contribution in [0, 0.1) is 5.92 Å². The van der Waals surface area contributed by atoms with E-state index in [0.717, 1.165) is 38.3 Å². The molecule has 1 aliphatic heterocycles. The molecule has 2 heteroatoms. The van der Waals surface area contributed by atoms with Crippen LogP contribution in [0.4, 0.5) is 0 Å². The summed E-state index contributed by atoms with van der Waals surface area (Å²) in [6, 6.07) is 0. The van der Waals surface area contributed by atoms with Crippen molar-refractivity contribution >= 4 is 5.91 Å². The molecule has 0 aromatic heterocycles. The molecule has 0 N–H and O–H groups in total. The number of piperidine rings is 1. The van der Waals surface area contributed by atoms with Crippen LogP contribution in [0.1, 0.15) is 71.1 Å². The van der Waals surface area contributed by atoms with Crippen molar-refractivity contribution in [2.24, 2.45) is 5.92 Å². The van der Waals surface area contributed by atoms with Gasteiger partial charge in [0.25, 0.3) is 0 Å². The normalized spacial score (nSPS) is 16.6. The second-order valence-electron chi connectivity index (χ2n) is 6.01. The highest BCUT2D eigenvalue weighted by Gasteiger charge is 2.19. The van der Waals surface area contributed by atoms with Gasteiger partial charge in [0.2, 0.25) is 5.91 Å². The van der Waals surface area contributed by atoms with Gasteiger partial charge in [0.1, 0.15) is 0 Å². The smallest absolute Gasteiger partial charge is 0.222 e. The Morgan fingerprint density at radius 3 is 2.32 bits per heavy atom. The van der Waals surface area contributed by atoms with Crippen LogP contribution in [0.3, 0.4) is 0 Å². The molecule has 0 radical (unpaired) electrons. The Labute approximate surface area is 119 Å². The minimum absolute atomic E-state index is 0.388. The molecule has 0 aromatic carbocycles. The Balaban J connectivity index is 1.94. The number of likely N-dealkylation sites (tertiary alicyclic amines) is 1. The summed E-state index contributed by atoms with van der Waals surface area (Å²) in [5, 5.41) is 0. The van der Waals surface area contributed by atoms with Gasteiger partial charge in [0.15, 0.2) is 0 Å². The van der Waals surface area contributed by atoms with E-state index in [0.29, 0.717) is 5.91 Å². The minimum Gasteiger partial charge on any atom is -0.343 e. The summed E-state index contributed by atoms with van der Waals surface area (Å²) in [5.74, 6) is 1.19. The van der Waals surface area contributed by atoms with E-state index in [-0.39, 0.29) is 0 Å². The number of allylic oxidation sites excluding steroid dienone is 1. The molecule has 1 heterocycles. The molecule has 2 nitrogen and oxygen atoms in total. The number of carbonyl (C=O) groups is 1. The fourth-order valence-electron chi connectivity index (χ4n) is 2.69. The first-order valence-electron chi connectivity index (χ1n) is 8.12. The second kappa shape index (κ2) is 10.1. The molecule has 1 fully saturated rings. The highest BCUT2D eigenvalue weighted by atomic mass is 16.2. The predicted molar refractivity (Wildman–Crippen MR) is 82.1 cm³/mol. The molecule has 0 aliphatic carbocycles. The van der Waals surface area contributed by atoms with E-state index in [9.17, 15) is 4.79 Å². The monoisotopic (exact) mass is 265 g/mol. The van der Waals surface area contributed by atoms with Gasteiger partial charge in [-0.15, -0.1) is 6.58 Å². The zero-order chi connectivity index (χ0) is 13.9. The molecule has 0 spiro atoms. The van der Waals surface area contributed by atoms with Crippen LogP contribution in [0.5, 0.6) is 0 Å². The van der Waals surface area contributed by atoms with Gasteiger partial charge in [-0.2, -0.15) is 0 Å². The van der Waals surface area contributed by atoms with Crippen molar-refractivity contribution in [2.75, 3.05) is 13.1 Å². The maximum Gasteiger partial charge on any atom is 0.222 e. The SMILES string of the molecule is C=CCCCCCCCCC(=O)N1CCC(C)CC1. The summed E-state index contributed by atoms with van der Waals surface area (Å²) in [6.45, 7) is 8.00.